The van der Waals surface area contributed by atoms with E-state index in [0.717, 1.165) is 5.01 Å². The second-order valence-electron chi connectivity index (χ2n) is 5.77. The summed E-state index contributed by atoms with van der Waals surface area (Å²) >= 11 is 1.29. The van der Waals surface area contributed by atoms with Crippen LogP contribution in [0.4, 0.5) is 5.69 Å². The van der Waals surface area contributed by atoms with E-state index >= 15 is 0 Å². The van der Waals surface area contributed by atoms with Crippen LogP contribution in [0.5, 0.6) is 0 Å². The van der Waals surface area contributed by atoms with Gasteiger partial charge in [0.25, 0.3) is 0 Å². The first kappa shape index (κ1) is 21.3. The number of hydrogen-bond acceptors (Lipinski definition) is 8. The van der Waals surface area contributed by atoms with Crippen LogP contribution in [-0.2, 0) is 11.3 Å². The van der Waals surface area contributed by atoms with Crippen molar-refractivity contribution in [3.8, 4) is 0 Å². The molecule has 0 aliphatic carbocycles. The minimum Gasteiger partial charge on any atom is -0.462 e. The van der Waals surface area contributed by atoms with Gasteiger partial charge in [-0.2, -0.15) is 5.10 Å². The average molecular weight is 409 g/mol. The van der Waals surface area contributed by atoms with Crippen molar-refractivity contribution >= 4 is 29.0 Å². The van der Waals surface area contributed by atoms with Crippen LogP contribution in [0.2, 0.25) is 0 Å². The Morgan fingerprint density at radius 3 is 2.89 bits per heavy atom. The van der Waals surface area contributed by atoms with Gasteiger partial charge >= 0.3 is 11.7 Å². The van der Waals surface area contributed by atoms with E-state index in [2.05, 4.69) is 25.7 Å². The summed E-state index contributed by atoms with van der Waals surface area (Å²) in [5.41, 5.74) is 0.586. The average Bonchev–Trinajstić information content (AvgIpc) is 3.28. The molecule has 2 N–H and O–H groups in total. The maximum absolute atomic E-state index is 11.9. The van der Waals surface area contributed by atoms with Crippen molar-refractivity contribution in [3.63, 3.8) is 0 Å². The van der Waals surface area contributed by atoms with Crippen molar-refractivity contribution in [2.45, 2.75) is 33.4 Å². The lowest BCUT2D eigenvalue weighted by atomic mass is 10.3. The number of aliphatic imine (C=N–C) groups is 1. The van der Waals surface area contributed by atoms with Gasteiger partial charge in [-0.1, -0.05) is 0 Å². The fraction of sp³-hybridized carbons (Fsp3) is 0.500. The van der Waals surface area contributed by atoms with Crippen molar-refractivity contribution < 1.29 is 14.5 Å². The quantitative estimate of drug-likeness (QED) is 0.221. The van der Waals surface area contributed by atoms with Crippen LogP contribution in [0.1, 0.15) is 40.3 Å². The Balaban J connectivity index is 1.90. The molecular weight excluding hydrogens is 386 g/mol. The van der Waals surface area contributed by atoms with Gasteiger partial charge in [-0.05, 0) is 20.8 Å². The normalized spacial score (nSPS) is 12.5. The van der Waals surface area contributed by atoms with Crippen LogP contribution in [0.3, 0.4) is 0 Å². The molecule has 0 saturated heterocycles. The molecule has 12 heteroatoms. The summed E-state index contributed by atoms with van der Waals surface area (Å²) in [5.74, 6) is 0.173. The number of nitrogens with one attached hydrogen (secondary N) is 2. The highest BCUT2D eigenvalue weighted by Gasteiger charge is 2.20. The summed E-state index contributed by atoms with van der Waals surface area (Å²) in [7, 11) is 1.64. The van der Waals surface area contributed by atoms with Crippen molar-refractivity contribution in [2.24, 2.45) is 4.99 Å². The fourth-order valence-electron chi connectivity index (χ4n) is 2.31. The van der Waals surface area contributed by atoms with Gasteiger partial charge in [0, 0.05) is 13.6 Å². The first-order valence-electron chi connectivity index (χ1n) is 8.64. The molecule has 0 fully saturated rings. The molecule has 2 heterocycles. The molecule has 2 rings (SSSR count). The Morgan fingerprint density at radius 2 is 2.29 bits per heavy atom. The molecule has 0 aliphatic heterocycles. The van der Waals surface area contributed by atoms with Gasteiger partial charge in [-0.25, -0.2) is 9.78 Å². The molecule has 1 atom stereocenters. The molecule has 28 heavy (non-hydrogen) atoms. The topological polar surface area (TPSA) is 137 Å². The number of hydrogen-bond donors (Lipinski definition) is 2. The van der Waals surface area contributed by atoms with Crippen LogP contribution in [-0.4, -0.2) is 51.8 Å². The zero-order chi connectivity index (χ0) is 20.7. The van der Waals surface area contributed by atoms with Crippen molar-refractivity contribution in [3.05, 3.63) is 38.1 Å². The number of carbonyl (C=O) groups is 1. The number of rotatable bonds is 8. The highest BCUT2D eigenvalue weighted by molar-refractivity contribution is 7.13. The summed E-state index contributed by atoms with van der Waals surface area (Å²) in [6.07, 6.45) is 2.58. The zero-order valence-corrected chi connectivity index (χ0v) is 16.9. The number of nitro groups is 1. The first-order valence-corrected chi connectivity index (χ1v) is 9.45. The smallest absolute Gasteiger partial charge is 0.350 e. The number of carbonyl (C=O) groups excluding carboxylic acids is 1. The molecule has 11 nitrogen and oxygen atoms in total. The van der Waals surface area contributed by atoms with E-state index in [9.17, 15) is 14.9 Å². The van der Waals surface area contributed by atoms with Crippen molar-refractivity contribution in [2.75, 3.05) is 20.2 Å². The predicted molar refractivity (Wildman–Crippen MR) is 105 cm³/mol. The maximum atomic E-state index is 11.9. The number of thiazole rings is 1. The van der Waals surface area contributed by atoms with Crippen molar-refractivity contribution in [1.29, 1.82) is 0 Å². The number of aryl methyl sites for hydroxylation is 1. The highest BCUT2D eigenvalue weighted by Crippen LogP contribution is 2.24. The molecule has 0 bridgehead atoms. The number of nitrogens with zero attached hydrogens (tertiary/aromatic N) is 5. The van der Waals surface area contributed by atoms with Gasteiger partial charge < -0.3 is 15.4 Å². The lowest BCUT2D eigenvalue weighted by Gasteiger charge is -2.16. The van der Waals surface area contributed by atoms with Crippen LogP contribution >= 0.6 is 11.3 Å². The third kappa shape index (κ3) is 5.49. The second kappa shape index (κ2) is 9.78. The largest absolute Gasteiger partial charge is 0.462 e. The van der Waals surface area contributed by atoms with E-state index in [0.29, 0.717) is 36.2 Å². The van der Waals surface area contributed by atoms with Crippen molar-refractivity contribution in [1.82, 2.24) is 25.4 Å². The Hall–Kier alpha value is -3.02. The Morgan fingerprint density at radius 1 is 1.54 bits per heavy atom. The third-order valence-electron chi connectivity index (χ3n) is 3.69. The minimum absolute atomic E-state index is 0.0485. The molecule has 2 aromatic rings. The van der Waals surface area contributed by atoms with E-state index in [4.69, 9.17) is 4.74 Å². The number of ether oxygens (including phenoxy) is 1. The van der Waals surface area contributed by atoms with E-state index < -0.39 is 4.92 Å². The number of guanidine groups is 1. The zero-order valence-electron chi connectivity index (χ0n) is 16.1. The summed E-state index contributed by atoms with van der Waals surface area (Å²) in [6, 6.07) is -0.177. The summed E-state index contributed by atoms with van der Waals surface area (Å²) in [6.45, 7) is 6.67. The number of esters is 1. The third-order valence-corrected chi connectivity index (χ3v) is 5.01. The first-order chi connectivity index (χ1) is 13.3. The van der Waals surface area contributed by atoms with Gasteiger partial charge in [0.1, 0.15) is 22.3 Å². The molecule has 0 spiro atoms. The van der Waals surface area contributed by atoms with Crippen LogP contribution < -0.4 is 10.6 Å². The fourth-order valence-corrected chi connectivity index (χ4v) is 3.27. The van der Waals surface area contributed by atoms with Crippen LogP contribution in [0.25, 0.3) is 0 Å². The molecule has 0 saturated carbocycles. The molecule has 1 unspecified atom stereocenters. The Bertz CT molecular complexity index is 861. The van der Waals surface area contributed by atoms with E-state index in [-0.39, 0.29) is 17.7 Å². The van der Waals surface area contributed by atoms with Crippen LogP contribution in [0, 0.1) is 17.0 Å². The van der Waals surface area contributed by atoms with E-state index in [1.165, 1.54) is 28.4 Å². The molecule has 0 radical (unpaired) electrons. The molecular formula is C16H23N7O4S. The monoisotopic (exact) mass is 409 g/mol. The summed E-state index contributed by atoms with van der Waals surface area (Å²) in [5, 5.41) is 21.7. The van der Waals surface area contributed by atoms with E-state index in [1.807, 2.05) is 6.92 Å². The van der Waals surface area contributed by atoms with Gasteiger partial charge in [0.2, 0.25) is 0 Å². The molecule has 152 valence electrons. The minimum atomic E-state index is -0.486. The summed E-state index contributed by atoms with van der Waals surface area (Å²) < 4.78 is 6.52. The maximum Gasteiger partial charge on any atom is 0.350 e. The lowest BCUT2D eigenvalue weighted by Crippen LogP contribution is -2.40. The number of aromatic nitrogens is 3. The molecule has 0 aromatic carbocycles. The summed E-state index contributed by atoms with van der Waals surface area (Å²) in [4.78, 5) is 31.2. The van der Waals surface area contributed by atoms with Gasteiger partial charge in [0.05, 0.1) is 29.8 Å². The predicted octanol–water partition coefficient (Wildman–Crippen LogP) is 1.66. The second-order valence-corrected chi connectivity index (χ2v) is 6.80. The van der Waals surface area contributed by atoms with Crippen LogP contribution in [0.15, 0.2) is 17.4 Å². The Kier molecular flexibility index (Phi) is 7.44. The molecule has 2 aromatic heterocycles. The molecule has 0 amide bonds. The molecule has 0 aliphatic rings. The highest BCUT2D eigenvalue weighted by atomic mass is 32.1. The SMILES string of the molecule is CCOC(=O)c1sc(C(C)NC(=NC)NCCn2cc([N+](=O)[O-])cn2)nc1C. The standard InChI is InChI=1S/C16H23N7O4S/c1-5-27-15(24)13-10(2)20-14(28-13)11(3)21-16(17-4)18-6-7-22-9-12(8-19-22)23(25)26/h8-9,11H,5-7H2,1-4H3,(H2,17,18,21). The van der Waals surface area contributed by atoms with E-state index in [1.54, 1.807) is 20.9 Å². The lowest BCUT2D eigenvalue weighted by molar-refractivity contribution is -0.385. The van der Waals surface area contributed by atoms with Gasteiger partial charge in [-0.3, -0.25) is 19.8 Å². The Labute approximate surface area is 166 Å². The van der Waals surface area contributed by atoms with Gasteiger partial charge in [0.15, 0.2) is 5.96 Å². The van der Waals surface area contributed by atoms with Gasteiger partial charge in [-0.15, -0.1) is 11.3 Å².